The van der Waals surface area contributed by atoms with Gasteiger partial charge in [-0.15, -0.1) is 0 Å². The Bertz CT molecular complexity index is 894. The van der Waals surface area contributed by atoms with Crippen LogP contribution in [0.15, 0.2) is 53.4 Å². The molecule has 0 heterocycles. The van der Waals surface area contributed by atoms with Crippen LogP contribution in [0, 0.1) is 0 Å². The molecule has 164 valence electrons. The van der Waals surface area contributed by atoms with Gasteiger partial charge in [0.25, 0.3) is 0 Å². The van der Waals surface area contributed by atoms with Gasteiger partial charge in [-0.05, 0) is 69.2 Å². The van der Waals surface area contributed by atoms with Crippen molar-refractivity contribution in [3.05, 3.63) is 54.1 Å². The van der Waals surface area contributed by atoms with Gasteiger partial charge in [0.15, 0.2) is 0 Å². The van der Waals surface area contributed by atoms with Gasteiger partial charge >= 0.3 is 0 Å². The summed E-state index contributed by atoms with van der Waals surface area (Å²) >= 11 is 0. The number of carbonyl (C=O) groups excluding carboxylic acids is 1. The maximum atomic E-state index is 12.3. The van der Waals surface area contributed by atoms with Crippen molar-refractivity contribution in [2.45, 2.75) is 44.6 Å². The molecule has 0 saturated heterocycles. The van der Waals surface area contributed by atoms with Crippen LogP contribution < -0.4 is 19.5 Å². The predicted octanol–water partition coefficient (Wildman–Crippen LogP) is 2.90. The van der Waals surface area contributed by atoms with E-state index in [0.717, 1.165) is 11.3 Å². The molecule has 0 aromatic heterocycles. The first kappa shape index (κ1) is 23.7. The van der Waals surface area contributed by atoms with E-state index in [1.807, 2.05) is 45.0 Å². The zero-order valence-electron chi connectivity index (χ0n) is 17.7. The Balaban J connectivity index is 1.70. The Morgan fingerprint density at radius 2 is 1.60 bits per heavy atom. The quantitative estimate of drug-likeness (QED) is 0.536. The number of ether oxygens (including phenoxy) is 2. The number of sulfonamides is 1. The molecule has 0 aliphatic carbocycles. The van der Waals surface area contributed by atoms with E-state index < -0.39 is 10.0 Å². The number of hydrogen-bond acceptors (Lipinski definition) is 5. The highest BCUT2D eigenvalue weighted by Crippen LogP contribution is 2.16. The monoisotopic (exact) mass is 434 g/mol. The molecule has 0 radical (unpaired) electrons. The number of benzene rings is 2. The SMILES string of the molecule is CCOc1ccc(S(=O)(=O)NCCC(=O)NCCc2ccc(OC(C)C)cc2)cc1. The van der Waals surface area contributed by atoms with Gasteiger partial charge in [0, 0.05) is 19.5 Å². The summed E-state index contributed by atoms with van der Waals surface area (Å²) < 4.78 is 37.9. The molecule has 7 nitrogen and oxygen atoms in total. The molecule has 0 bridgehead atoms. The molecule has 0 aliphatic rings. The van der Waals surface area contributed by atoms with Gasteiger partial charge in [-0.1, -0.05) is 12.1 Å². The molecular formula is C22H30N2O5S. The zero-order valence-corrected chi connectivity index (χ0v) is 18.5. The molecule has 0 aliphatic heterocycles. The maximum Gasteiger partial charge on any atom is 0.240 e. The molecule has 2 aromatic carbocycles. The lowest BCUT2D eigenvalue weighted by molar-refractivity contribution is -0.120. The minimum atomic E-state index is -3.66. The van der Waals surface area contributed by atoms with Crippen molar-refractivity contribution in [2.24, 2.45) is 0 Å². The molecule has 1 amide bonds. The lowest BCUT2D eigenvalue weighted by Gasteiger charge is -2.10. The van der Waals surface area contributed by atoms with Gasteiger partial charge in [-0.2, -0.15) is 0 Å². The molecule has 0 unspecified atom stereocenters. The first-order valence-electron chi connectivity index (χ1n) is 10.0. The number of carbonyl (C=O) groups is 1. The van der Waals surface area contributed by atoms with E-state index >= 15 is 0 Å². The van der Waals surface area contributed by atoms with E-state index in [1.165, 1.54) is 12.1 Å². The molecule has 0 fully saturated rings. The number of nitrogens with one attached hydrogen (secondary N) is 2. The van der Waals surface area contributed by atoms with Crippen LogP contribution in [0.4, 0.5) is 0 Å². The van der Waals surface area contributed by atoms with Crippen molar-refractivity contribution in [3.63, 3.8) is 0 Å². The van der Waals surface area contributed by atoms with Gasteiger partial charge in [0.1, 0.15) is 11.5 Å². The molecule has 2 N–H and O–H groups in total. The topological polar surface area (TPSA) is 93.7 Å². The predicted molar refractivity (Wildman–Crippen MR) is 116 cm³/mol. The molecule has 8 heteroatoms. The highest BCUT2D eigenvalue weighted by Gasteiger charge is 2.14. The maximum absolute atomic E-state index is 12.3. The van der Waals surface area contributed by atoms with E-state index in [4.69, 9.17) is 9.47 Å². The fourth-order valence-electron chi connectivity index (χ4n) is 2.71. The van der Waals surface area contributed by atoms with Crippen LogP contribution in [0.3, 0.4) is 0 Å². The summed E-state index contributed by atoms with van der Waals surface area (Å²) in [5, 5.41) is 2.80. The molecule has 2 rings (SSSR count). The highest BCUT2D eigenvalue weighted by atomic mass is 32.2. The number of rotatable bonds is 12. The van der Waals surface area contributed by atoms with E-state index in [0.29, 0.717) is 25.3 Å². The second kappa shape index (κ2) is 11.6. The van der Waals surface area contributed by atoms with Crippen LogP contribution in [-0.2, 0) is 21.2 Å². The van der Waals surface area contributed by atoms with Crippen LogP contribution in [0.5, 0.6) is 11.5 Å². The Morgan fingerprint density at radius 3 is 2.20 bits per heavy atom. The average molecular weight is 435 g/mol. The van der Waals surface area contributed by atoms with Gasteiger partial charge < -0.3 is 14.8 Å². The summed E-state index contributed by atoms with van der Waals surface area (Å²) in [6.07, 6.45) is 0.880. The van der Waals surface area contributed by atoms with E-state index in [9.17, 15) is 13.2 Å². The first-order chi connectivity index (χ1) is 14.3. The third-order valence-corrected chi connectivity index (χ3v) is 5.60. The molecule has 0 saturated carbocycles. The van der Waals surface area contributed by atoms with Gasteiger partial charge in [-0.25, -0.2) is 13.1 Å². The Kier molecular flexibility index (Phi) is 9.14. The minimum Gasteiger partial charge on any atom is -0.494 e. The summed E-state index contributed by atoms with van der Waals surface area (Å²) in [6.45, 7) is 6.83. The lowest BCUT2D eigenvalue weighted by atomic mass is 10.1. The third-order valence-electron chi connectivity index (χ3n) is 4.12. The number of hydrogen-bond donors (Lipinski definition) is 2. The van der Waals surface area contributed by atoms with E-state index in [1.54, 1.807) is 12.1 Å². The average Bonchev–Trinajstić information content (AvgIpc) is 2.69. The second-order valence-electron chi connectivity index (χ2n) is 6.96. The third kappa shape index (κ3) is 8.04. The summed E-state index contributed by atoms with van der Waals surface area (Å²) in [4.78, 5) is 12.1. The van der Waals surface area contributed by atoms with E-state index in [-0.39, 0.29) is 29.9 Å². The van der Waals surface area contributed by atoms with Crippen LogP contribution in [0.25, 0.3) is 0 Å². The Hall–Kier alpha value is -2.58. The van der Waals surface area contributed by atoms with Crippen molar-refractivity contribution in [3.8, 4) is 11.5 Å². The first-order valence-corrected chi connectivity index (χ1v) is 11.5. The highest BCUT2D eigenvalue weighted by molar-refractivity contribution is 7.89. The fraction of sp³-hybridized carbons (Fsp3) is 0.409. The number of amides is 1. The van der Waals surface area contributed by atoms with E-state index in [2.05, 4.69) is 10.0 Å². The van der Waals surface area contributed by atoms with Gasteiger partial charge in [0.2, 0.25) is 15.9 Å². The smallest absolute Gasteiger partial charge is 0.240 e. The zero-order chi connectivity index (χ0) is 22.0. The molecule has 0 spiro atoms. The fourth-order valence-corrected chi connectivity index (χ4v) is 3.74. The normalized spacial score (nSPS) is 11.3. The summed E-state index contributed by atoms with van der Waals surface area (Å²) in [6, 6.07) is 13.9. The van der Waals surface area contributed by atoms with Crippen LogP contribution >= 0.6 is 0 Å². The lowest BCUT2D eigenvalue weighted by Crippen LogP contribution is -2.31. The Labute approximate surface area is 178 Å². The summed E-state index contributed by atoms with van der Waals surface area (Å²) in [5.41, 5.74) is 1.09. The van der Waals surface area contributed by atoms with Crippen molar-refractivity contribution >= 4 is 15.9 Å². The standard InChI is InChI=1S/C22H30N2O5S/c1-4-28-19-9-11-21(12-10-19)30(26,27)24-16-14-22(25)23-15-13-18-5-7-20(8-6-18)29-17(2)3/h5-12,17,24H,4,13-16H2,1-3H3,(H,23,25). The minimum absolute atomic E-state index is 0.0304. The van der Waals surface area contributed by atoms with Crippen molar-refractivity contribution in [2.75, 3.05) is 19.7 Å². The van der Waals surface area contributed by atoms with Gasteiger partial charge in [0.05, 0.1) is 17.6 Å². The van der Waals surface area contributed by atoms with Gasteiger partial charge in [-0.3, -0.25) is 4.79 Å². The largest absolute Gasteiger partial charge is 0.494 e. The summed E-state index contributed by atoms with van der Waals surface area (Å²) in [5.74, 6) is 1.22. The van der Waals surface area contributed by atoms with Crippen LogP contribution in [0.1, 0.15) is 32.8 Å². The van der Waals surface area contributed by atoms with Crippen LogP contribution in [-0.4, -0.2) is 40.1 Å². The van der Waals surface area contributed by atoms with Crippen molar-refractivity contribution < 1.29 is 22.7 Å². The second-order valence-corrected chi connectivity index (χ2v) is 8.73. The van der Waals surface area contributed by atoms with Crippen molar-refractivity contribution in [1.82, 2.24) is 10.0 Å². The van der Waals surface area contributed by atoms with Crippen molar-refractivity contribution in [1.29, 1.82) is 0 Å². The molecule has 30 heavy (non-hydrogen) atoms. The molecular weight excluding hydrogens is 404 g/mol. The molecule has 0 atom stereocenters. The summed E-state index contributed by atoms with van der Waals surface area (Å²) in [7, 11) is -3.66. The van der Waals surface area contributed by atoms with Crippen LogP contribution in [0.2, 0.25) is 0 Å². The Morgan fingerprint density at radius 1 is 0.967 bits per heavy atom. The molecule has 2 aromatic rings.